The zero-order valence-electron chi connectivity index (χ0n) is 11.3. The first-order chi connectivity index (χ1) is 8.02. The fourth-order valence-corrected chi connectivity index (χ4v) is 2.22. The number of piperidine rings is 1. The lowest BCUT2D eigenvalue weighted by molar-refractivity contribution is -0.123. The summed E-state index contributed by atoms with van der Waals surface area (Å²) in [6.07, 6.45) is 1.58. The molecule has 0 saturated carbocycles. The standard InChI is InChI=1S/C13H26N2O2/c1-4-11-8-15(6-5-12(11)16)9-13(17)14-7-10(2)3/h10-12,16H,4-9H2,1-3H3,(H,14,17). The molecule has 4 nitrogen and oxygen atoms in total. The SMILES string of the molecule is CCC1CN(CC(=O)NCC(C)C)CCC1O. The molecule has 0 bridgehead atoms. The molecule has 0 radical (unpaired) electrons. The van der Waals surface area contributed by atoms with Gasteiger partial charge in [-0.1, -0.05) is 20.8 Å². The minimum Gasteiger partial charge on any atom is -0.393 e. The number of carbonyl (C=O) groups excluding carboxylic acids is 1. The number of aliphatic hydroxyl groups excluding tert-OH is 1. The highest BCUT2D eigenvalue weighted by molar-refractivity contribution is 5.78. The summed E-state index contributed by atoms with van der Waals surface area (Å²) in [6.45, 7) is 9.15. The molecule has 0 aromatic carbocycles. The van der Waals surface area contributed by atoms with Crippen molar-refractivity contribution in [1.29, 1.82) is 0 Å². The lowest BCUT2D eigenvalue weighted by atomic mass is 9.92. The van der Waals surface area contributed by atoms with Gasteiger partial charge in [0.25, 0.3) is 0 Å². The highest BCUT2D eigenvalue weighted by Crippen LogP contribution is 2.19. The van der Waals surface area contributed by atoms with Crippen LogP contribution in [-0.4, -0.2) is 48.2 Å². The fourth-order valence-electron chi connectivity index (χ4n) is 2.22. The second kappa shape index (κ2) is 6.97. The predicted octanol–water partition coefficient (Wildman–Crippen LogP) is 0.851. The van der Waals surface area contributed by atoms with Crippen LogP contribution in [0, 0.1) is 11.8 Å². The quantitative estimate of drug-likeness (QED) is 0.751. The maximum atomic E-state index is 11.7. The van der Waals surface area contributed by atoms with E-state index in [4.69, 9.17) is 0 Å². The maximum Gasteiger partial charge on any atom is 0.234 e. The van der Waals surface area contributed by atoms with Crippen molar-refractivity contribution in [3.05, 3.63) is 0 Å². The Hall–Kier alpha value is -0.610. The van der Waals surface area contributed by atoms with Crippen molar-refractivity contribution < 1.29 is 9.90 Å². The number of nitrogens with one attached hydrogen (secondary N) is 1. The minimum atomic E-state index is -0.185. The molecule has 17 heavy (non-hydrogen) atoms. The average Bonchev–Trinajstić information content (AvgIpc) is 2.29. The van der Waals surface area contributed by atoms with Crippen LogP contribution in [0.3, 0.4) is 0 Å². The maximum absolute atomic E-state index is 11.7. The molecule has 0 aromatic rings. The average molecular weight is 242 g/mol. The van der Waals surface area contributed by atoms with Gasteiger partial charge in [0.1, 0.15) is 0 Å². The number of carbonyl (C=O) groups is 1. The van der Waals surface area contributed by atoms with E-state index in [2.05, 4.69) is 31.0 Å². The lowest BCUT2D eigenvalue weighted by Gasteiger charge is -2.35. The van der Waals surface area contributed by atoms with E-state index < -0.39 is 0 Å². The van der Waals surface area contributed by atoms with Crippen molar-refractivity contribution in [2.24, 2.45) is 11.8 Å². The first-order valence-corrected chi connectivity index (χ1v) is 6.70. The van der Waals surface area contributed by atoms with Gasteiger partial charge in [0, 0.05) is 19.6 Å². The number of likely N-dealkylation sites (tertiary alicyclic amines) is 1. The van der Waals surface area contributed by atoms with E-state index in [-0.39, 0.29) is 12.0 Å². The zero-order chi connectivity index (χ0) is 12.8. The van der Waals surface area contributed by atoms with Crippen LogP contribution in [0.15, 0.2) is 0 Å². The number of amides is 1. The number of nitrogens with zero attached hydrogens (tertiary/aromatic N) is 1. The van der Waals surface area contributed by atoms with Gasteiger partial charge in [0.15, 0.2) is 0 Å². The molecule has 1 amide bonds. The third-order valence-corrected chi connectivity index (χ3v) is 3.38. The first-order valence-electron chi connectivity index (χ1n) is 6.70. The van der Waals surface area contributed by atoms with Crippen LogP contribution in [0.4, 0.5) is 0 Å². The summed E-state index contributed by atoms with van der Waals surface area (Å²) in [5, 5.41) is 12.7. The minimum absolute atomic E-state index is 0.102. The number of aliphatic hydroxyl groups is 1. The zero-order valence-corrected chi connectivity index (χ0v) is 11.3. The molecule has 2 atom stereocenters. The monoisotopic (exact) mass is 242 g/mol. The number of hydrogen-bond donors (Lipinski definition) is 2. The molecule has 1 aliphatic rings. The molecule has 100 valence electrons. The molecular formula is C13H26N2O2. The van der Waals surface area contributed by atoms with E-state index in [1.54, 1.807) is 0 Å². The van der Waals surface area contributed by atoms with Gasteiger partial charge in [-0.05, 0) is 24.7 Å². The molecule has 2 N–H and O–H groups in total. The fraction of sp³-hybridized carbons (Fsp3) is 0.923. The molecule has 4 heteroatoms. The highest BCUT2D eigenvalue weighted by Gasteiger charge is 2.27. The summed E-state index contributed by atoms with van der Waals surface area (Å²) >= 11 is 0. The van der Waals surface area contributed by atoms with Crippen LogP contribution in [0.25, 0.3) is 0 Å². The van der Waals surface area contributed by atoms with Gasteiger partial charge in [-0.15, -0.1) is 0 Å². The van der Waals surface area contributed by atoms with Gasteiger partial charge in [-0.3, -0.25) is 9.69 Å². The van der Waals surface area contributed by atoms with Gasteiger partial charge >= 0.3 is 0 Å². The van der Waals surface area contributed by atoms with Crippen molar-refractivity contribution in [1.82, 2.24) is 10.2 Å². The van der Waals surface area contributed by atoms with E-state index in [0.29, 0.717) is 18.4 Å². The van der Waals surface area contributed by atoms with E-state index in [0.717, 1.165) is 32.5 Å². The third kappa shape index (κ3) is 5.04. The Balaban J connectivity index is 2.29. The van der Waals surface area contributed by atoms with Gasteiger partial charge in [-0.25, -0.2) is 0 Å². The van der Waals surface area contributed by atoms with Crippen LogP contribution >= 0.6 is 0 Å². The number of rotatable bonds is 5. The van der Waals surface area contributed by atoms with Gasteiger partial charge in [-0.2, -0.15) is 0 Å². The molecular weight excluding hydrogens is 216 g/mol. The molecule has 1 fully saturated rings. The van der Waals surface area contributed by atoms with E-state index in [9.17, 15) is 9.90 Å². The first kappa shape index (κ1) is 14.5. The smallest absolute Gasteiger partial charge is 0.234 e. The normalized spacial score (nSPS) is 26.2. The van der Waals surface area contributed by atoms with Gasteiger partial charge < -0.3 is 10.4 Å². The lowest BCUT2D eigenvalue weighted by Crippen LogP contribution is -2.47. The molecule has 1 rings (SSSR count). The predicted molar refractivity (Wildman–Crippen MR) is 68.7 cm³/mol. The Morgan fingerprint density at radius 2 is 2.24 bits per heavy atom. The Morgan fingerprint density at radius 3 is 2.82 bits per heavy atom. The van der Waals surface area contributed by atoms with Crippen LogP contribution in [-0.2, 0) is 4.79 Å². The molecule has 0 aliphatic carbocycles. The van der Waals surface area contributed by atoms with Crippen molar-refractivity contribution in [2.45, 2.75) is 39.7 Å². The van der Waals surface area contributed by atoms with Crippen LogP contribution in [0.5, 0.6) is 0 Å². The summed E-state index contributed by atoms with van der Waals surface area (Å²) in [5.74, 6) is 0.914. The van der Waals surface area contributed by atoms with Crippen LogP contribution < -0.4 is 5.32 Å². The Morgan fingerprint density at radius 1 is 1.53 bits per heavy atom. The largest absolute Gasteiger partial charge is 0.393 e. The molecule has 1 aliphatic heterocycles. The summed E-state index contributed by atoms with van der Waals surface area (Å²) < 4.78 is 0. The Kier molecular flexibility index (Phi) is 5.92. The van der Waals surface area contributed by atoms with E-state index in [1.165, 1.54) is 0 Å². The topological polar surface area (TPSA) is 52.6 Å². The van der Waals surface area contributed by atoms with Crippen LogP contribution in [0.1, 0.15) is 33.6 Å². The van der Waals surface area contributed by atoms with Crippen LogP contribution in [0.2, 0.25) is 0 Å². The van der Waals surface area contributed by atoms with E-state index in [1.807, 2.05) is 0 Å². The molecule has 0 spiro atoms. The molecule has 0 aromatic heterocycles. The Bertz CT molecular complexity index is 244. The van der Waals surface area contributed by atoms with Crippen molar-refractivity contribution >= 4 is 5.91 Å². The van der Waals surface area contributed by atoms with E-state index >= 15 is 0 Å². The summed E-state index contributed by atoms with van der Waals surface area (Å²) in [5.41, 5.74) is 0. The molecule has 1 saturated heterocycles. The summed E-state index contributed by atoms with van der Waals surface area (Å²) in [6, 6.07) is 0. The van der Waals surface area contributed by atoms with Crippen molar-refractivity contribution in [3.8, 4) is 0 Å². The molecule has 2 unspecified atom stereocenters. The van der Waals surface area contributed by atoms with Gasteiger partial charge in [0.2, 0.25) is 5.91 Å². The summed E-state index contributed by atoms with van der Waals surface area (Å²) in [4.78, 5) is 13.8. The second-order valence-corrected chi connectivity index (χ2v) is 5.46. The Labute approximate surface area is 104 Å². The molecule has 1 heterocycles. The number of hydrogen-bond acceptors (Lipinski definition) is 3. The van der Waals surface area contributed by atoms with Gasteiger partial charge in [0.05, 0.1) is 12.6 Å². The second-order valence-electron chi connectivity index (χ2n) is 5.46. The van der Waals surface area contributed by atoms with Crippen molar-refractivity contribution in [3.63, 3.8) is 0 Å². The third-order valence-electron chi connectivity index (χ3n) is 3.38. The highest BCUT2D eigenvalue weighted by atomic mass is 16.3. The summed E-state index contributed by atoms with van der Waals surface area (Å²) in [7, 11) is 0. The van der Waals surface area contributed by atoms with Crippen molar-refractivity contribution in [2.75, 3.05) is 26.2 Å².